The quantitative estimate of drug-likeness (QED) is 0.930. The van der Waals surface area contributed by atoms with Crippen molar-refractivity contribution in [3.8, 4) is 5.75 Å². The van der Waals surface area contributed by atoms with Crippen LogP contribution in [0, 0.1) is 0 Å². The molecule has 2 rings (SSSR count). The van der Waals surface area contributed by atoms with Gasteiger partial charge in [0.15, 0.2) is 6.10 Å². The van der Waals surface area contributed by atoms with Crippen molar-refractivity contribution in [2.24, 2.45) is 0 Å². The van der Waals surface area contributed by atoms with Crippen LogP contribution < -0.4 is 9.64 Å². The van der Waals surface area contributed by atoms with Crippen LogP contribution in [-0.4, -0.2) is 28.6 Å². The lowest BCUT2D eigenvalue weighted by molar-refractivity contribution is -0.145. The van der Waals surface area contributed by atoms with E-state index in [4.69, 9.17) is 4.74 Å². The zero-order valence-corrected chi connectivity index (χ0v) is 13.0. The van der Waals surface area contributed by atoms with Crippen LogP contribution in [0.4, 0.5) is 5.69 Å². The minimum absolute atomic E-state index is 0.277. The van der Waals surface area contributed by atoms with Gasteiger partial charge in [-0.1, -0.05) is 19.9 Å². The first-order valence-electron chi connectivity index (χ1n) is 7.04. The molecule has 0 bridgehead atoms. The van der Waals surface area contributed by atoms with Crippen molar-refractivity contribution in [2.45, 2.75) is 52.2 Å². The predicted octanol–water partition coefficient (Wildman–Crippen LogP) is 2.79. The minimum Gasteiger partial charge on any atom is -0.480 e. The van der Waals surface area contributed by atoms with Gasteiger partial charge in [0, 0.05) is 0 Å². The summed E-state index contributed by atoms with van der Waals surface area (Å²) in [5.41, 5.74) is 0.224. The van der Waals surface area contributed by atoms with Gasteiger partial charge in [0.2, 0.25) is 0 Å². The maximum absolute atomic E-state index is 12.5. The largest absolute Gasteiger partial charge is 0.480 e. The highest BCUT2D eigenvalue weighted by atomic mass is 16.5. The summed E-state index contributed by atoms with van der Waals surface area (Å²) in [7, 11) is 0. The summed E-state index contributed by atoms with van der Waals surface area (Å²) in [6.07, 6.45) is -0.693. The highest BCUT2D eigenvalue weighted by Gasteiger charge is 2.45. The van der Waals surface area contributed by atoms with Crippen LogP contribution in [-0.2, 0) is 9.59 Å². The molecular formula is C16H21NO4. The molecule has 0 fully saturated rings. The summed E-state index contributed by atoms with van der Waals surface area (Å²) in [5.74, 6) is -0.568. The summed E-state index contributed by atoms with van der Waals surface area (Å²) >= 11 is 0. The number of carbonyl (C=O) groups is 2. The molecule has 0 radical (unpaired) electrons. The molecule has 0 saturated carbocycles. The van der Waals surface area contributed by atoms with E-state index in [0.717, 1.165) is 5.56 Å². The van der Waals surface area contributed by atoms with Gasteiger partial charge in [-0.05, 0) is 44.4 Å². The Morgan fingerprint density at radius 3 is 2.52 bits per heavy atom. The first-order chi connectivity index (χ1) is 9.66. The Balaban J connectivity index is 2.63. The minimum atomic E-state index is -1.33. The molecule has 0 saturated heterocycles. The molecule has 5 nitrogen and oxygen atoms in total. The molecule has 21 heavy (non-hydrogen) atoms. The van der Waals surface area contributed by atoms with Crippen molar-refractivity contribution in [2.75, 3.05) is 4.90 Å². The molecule has 1 aromatic rings. The van der Waals surface area contributed by atoms with Crippen LogP contribution in [0.3, 0.4) is 0 Å². The zero-order valence-electron chi connectivity index (χ0n) is 13.0. The van der Waals surface area contributed by atoms with Gasteiger partial charge < -0.3 is 9.84 Å². The van der Waals surface area contributed by atoms with E-state index in [1.807, 2.05) is 26.0 Å². The molecule has 1 aliphatic rings. The number of nitrogens with zero attached hydrogens (tertiary/aromatic N) is 1. The van der Waals surface area contributed by atoms with Gasteiger partial charge in [-0.2, -0.15) is 0 Å². The van der Waals surface area contributed by atoms with Gasteiger partial charge >= 0.3 is 5.97 Å². The van der Waals surface area contributed by atoms with E-state index in [-0.39, 0.29) is 11.8 Å². The van der Waals surface area contributed by atoms with Crippen molar-refractivity contribution in [1.29, 1.82) is 0 Å². The normalized spacial score (nSPS) is 18.5. The number of anilines is 1. The Bertz CT molecular complexity index is 592. The van der Waals surface area contributed by atoms with Crippen LogP contribution in [0.5, 0.6) is 5.75 Å². The van der Waals surface area contributed by atoms with Crippen molar-refractivity contribution < 1.29 is 19.4 Å². The number of benzene rings is 1. The molecule has 0 spiro atoms. The smallest absolute Gasteiger partial charge is 0.329 e. The van der Waals surface area contributed by atoms with Crippen molar-refractivity contribution >= 4 is 17.6 Å². The fourth-order valence-corrected chi connectivity index (χ4v) is 2.38. The molecule has 1 aromatic carbocycles. The van der Waals surface area contributed by atoms with Gasteiger partial charge in [-0.3, -0.25) is 9.69 Å². The fraction of sp³-hybridized carbons (Fsp3) is 0.500. The van der Waals surface area contributed by atoms with E-state index in [1.165, 1.54) is 18.7 Å². The molecule has 1 N–H and O–H groups in total. The van der Waals surface area contributed by atoms with E-state index >= 15 is 0 Å². The second-order valence-electron chi connectivity index (χ2n) is 6.18. The van der Waals surface area contributed by atoms with E-state index < -0.39 is 17.6 Å². The van der Waals surface area contributed by atoms with Gasteiger partial charge in [0.25, 0.3) is 5.91 Å². The molecule has 1 amide bonds. The number of ether oxygens (including phenoxy) is 1. The molecule has 1 aliphatic heterocycles. The number of aliphatic carboxylic acids is 1. The van der Waals surface area contributed by atoms with Crippen LogP contribution in [0.1, 0.15) is 46.1 Å². The number of carboxylic acid groups (broad SMARTS) is 1. The topological polar surface area (TPSA) is 66.8 Å². The van der Waals surface area contributed by atoms with Crippen molar-refractivity contribution in [1.82, 2.24) is 0 Å². The summed E-state index contributed by atoms with van der Waals surface area (Å²) in [5, 5.41) is 9.47. The highest BCUT2D eigenvalue weighted by Crippen LogP contribution is 2.40. The molecule has 5 heteroatoms. The third-order valence-electron chi connectivity index (χ3n) is 3.84. The molecular weight excluding hydrogens is 270 g/mol. The lowest BCUT2D eigenvalue weighted by Gasteiger charge is -2.41. The van der Waals surface area contributed by atoms with Crippen LogP contribution >= 0.6 is 0 Å². The average molecular weight is 291 g/mol. The molecule has 114 valence electrons. The SMILES string of the molecule is CC1Oc2ccc(C(C)C)cc2N(C(C)(C)C(=O)O)C1=O. The summed E-state index contributed by atoms with van der Waals surface area (Å²) in [4.78, 5) is 25.4. The molecule has 0 aliphatic carbocycles. The second-order valence-corrected chi connectivity index (χ2v) is 6.18. The number of amides is 1. The van der Waals surface area contributed by atoms with Crippen LogP contribution in [0.15, 0.2) is 18.2 Å². The summed E-state index contributed by atoms with van der Waals surface area (Å²) in [6.45, 7) is 8.77. The Hall–Kier alpha value is -2.04. The third kappa shape index (κ3) is 2.48. The lowest BCUT2D eigenvalue weighted by Crippen LogP contribution is -2.58. The Kier molecular flexibility index (Phi) is 3.70. The number of hydrogen-bond acceptors (Lipinski definition) is 3. The van der Waals surface area contributed by atoms with E-state index in [9.17, 15) is 14.7 Å². The van der Waals surface area contributed by atoms with Gasteiger partial charge in [-0.15, -0.1) is 0 Å². The first-order valence-corrected chi connectivity index (χ1v) is 7.04. The van der Waals surface area contributed by atoms with E-state index in [1.54, 1.807) is 13.0 Å². The van der Waals surface area contributed by atoms with E-state index in [0.29, 0.717) is 11.4 Å². The zero-order chi connectivity index (χ0) is 15.9. The molecule has 1 atom stereocenters. The second kappa shape index (κ2) is 5.06. The standard InChI is InChI=1S/C16H21NO4/c1-9(2)11-6-7-13-12(8-11)17(14(18)10(3)21-13)16(4,5)15(19)20/h6-10H,1-5H3,(H,19,20). The lowest BCUT2D eigenvalue weighted by atomic mass is 9.96. The highest BCUT2D eigenvalue weighted by molar-refractivity contribution is 6.05. The third-order valence-corrected chi connectivity index (χ3v) is 3.84. The number of hydrogen-bond donors (Lipinski definition) is 1. The van der Waals surface area contributed by atoms with Crippen LogP contribution in [0.25, 0.3) is 0 Å². The predicted molar refractivity (Wildman–Crippen MR) is 79.8 cm³/mol. The summed E-state index contributed by atoms with van der Waals surface area (Å²) < 4.78 is 5.60. The summed E-state index contributed by atoms with van der Waals surface area (Å²) in [6, 6.07) is 5.59. The van der Waals surface area contributed by atoms with Gasteiger partial charge in [0.05, 0.1) is 5.69 Å². The molecule has 1 unspecified atom stereocenters. The Morgan fingerprint density at radius 2 is 2.00 bits per heavy atom. The maximum atomic E-state index is 12.5. The van der Waals surface area contributed by atoms with Crippen molar-refractivity contribution in [3.63, 3.8) is 0 Å². The van der Waals surface area contributed by atoms with Gasteiger partial charge in [-0.25, -0.2) is 4.79 Å². The molecule has 1 heterocycles. The number of fused-ring (bicyclic) bond motifs is 1. The number of rotatable bonds is 3. The maximum Gasteiger partial charge on any atom is 0.329 e. The van der Waals surface area contributed by atoms with Gasteiger partial charge in [0.1, 0.15) is 11.3 Å². The average Bonchev–Trinajstić information content (AvgIpc) is 2.38. The fourth-order valence-electron chi connectivity index (χ4n) is 2.38. The Labute approximate surface area is 124 Å². The number of carbonyl (C=O) groups excluding carboxylic acids is 1. The molecule has 0 aromatic heterocycles. The van der Waals surface area contributed by atoms with Crippen molar-refractivity contribution in [3.05, 3.63) is 23.8 Å². The van der Waals surface area contributed by atoms with E-state index in [2.05, 4.69) is 0 Å². The first kappa shape index (κ1) is 15.4. The Morgan fingerprint density at radius 1 is 1.38 bits per heavy atom. The monoisotopic (exact) mass is 291 g/mol. The van der Waals surface area contributed by atoms with Crippen LogP contribution in [0.2, 0.25) is 0 Å². The number of carboxylic acids is 1.